The Morgan fingerprint density at radius 3 is 2.89 bits per heavy atom. The van der Waals surface area contributed by atoms with Crippen LogP contribution in [0.4, 0.5) is 0 Å². The van der Waals surface area contributed by atoms with Gasteiger partial charge < -0.3 is 5.73 Å². The number of halogens is 1. The number of rotatable bonds is 5. The van der Waals surface area contributed by atoms with E-state index in [0.717, 1.165) is 22.5 Å². The zero-order valence-electron chi connectivity index (χ0n) is 10.2. The van der Waals surface area contributed by atoms with E-state index in [1.807, 2.05) is 35.1 Å². The van der Waals surface area contributed by atoms with E-state index in [4.69, 9.17) is 5.73 Å². The maximum Gasteiger partial charge on any atom is 0.0562 e. The van der Waals surface area contributed by atoms with Gasteiger partial charge in [-0.1, -0.05) is 12.1 Å². The number of thioether (sulfide) groups is 1. The smallest absolute Gasteiger partial charge is 0.0562 e. The Morgan fingerprint density at radius 2 is 2.17 bits per heavy atom. The minimum atomic E-state index is 0.00422. The molecule has 5 heteroatoms. The van der Waals surface area contributed by atoms with Crippen LogP contribution >= 0.6 is 27.7 Å². The van der Waals surface area contributed by atoms with Crippen LogP contribution in [0, 0.1) is 0 Å². The molecule has 2 N–H and O–H groups in total. The molecule has 3 nitrogen and oxygen atoms in total. The highest BCUT2D eigenvalue weighted by Gasteiger charge is 2.12. The van der Waals surface area contributed by atoms with Gasteiger partial charge in [0.1, 0.15) is 0 Å². The maximum absolute atomic E-state index is 6.22. The molecule has 0 fully saturated rings. The fourth-order valence-corrected chi connectivity index (χ4v) is 3.29. The molecule has 1 unspecified atom stereocenters. The second-order valence-corrected chi connectivity index (χ2v) is 5.84. The van der Waals surface area contributed by atoms with Crippen molar-refractivity contribution in [3.8, 4) is 0 Å². The summed E-state index contributed by atoms with van der Waals surface area (Å²) in [7, 11) is 0. The normalized spacial score (nSPS) is 12.6. The van der Waals surface area contributed by atoms with Gasteiger partial charge >= 0.3 is 0 Å². The molecule has 0 saturated carbocycles. The first kappa shape index (κ1) is 13.6. The summed E-state index contributed by atoms with van der Waals surface area (Å²) >= 11 is 5.30. The summed E-state index contributed by atoms with van der Waals surface area (Å²) in [6.07, 6.45) is 1.81. The van der Waals surface area contributed by atoms with E-state index >= 15 is 0 Å². The van der Waals surface area contributed by atoms with Crippen molar-refractivity contribution in [1.82, 2.24) is 9.78 Å². The summed E-state index contributed by atoms with van der Waals surface area (Å²) in [5, 5.41) is 4.25. The number of hydrogen-bond acceptors (Lipinski definition) is 3. The number of hydrogen-bond donors (Lipinski definition) is 1. The zero-order chi connectivity index (χ0) is 13.0. The Kier molecular flexibility index (Phi) is 4.86. The molecule has 2 rings (SSSR count). The summed E-state index contributed by atoms with van der Waals surface area (Å²) in [4.78, 5) is 1.22. The Bertz CT molecular complexity index is 512. The van der Waals surface area contributed by atoms with Crippen molar-refractivity contribution in [3.63, 3.8) is 0 Å². The molecule has 0 bridgehead atoms. The van der Waals surface area contributed by atoms with Crippen molar-refractivity contribution >= 4 is 27.7 Å². The van der Waals surface area contributed by atoms with Gasteiger partial charge in [-0.2, -0.15) is 5.10 Å². The Labute approximate surface area is 120 Å². The van der Waals surface area contributed by atoms with Crippen molar-refractivity contribution in [3.05, 3.63) is 46.7 Å². The lowest BCUT2D eigenvalue weighted by Crippen LogP contribution is -2.18. The van der Waals surface area contributed by atoms with E-state index in [1.54, 1.807) is 11.8 Å². The predicted molar refractivity (Wildman–Crippen MR) is 79.7 cm³/mol. The third-order valence-electron chi connectivity index (χ3n) is 2.68. The fourth-order valence-electron chi connectivity index (χ4n) is 1.75. The fraction of sp³-hybridized carbons (Fsp3) is 0.308. The van der Waals surface area contributed by atoms with Gasteiger partial charge in [0.15, 0.2) is 0 Å². The summed E-state index contributed by atoms with van der Waals surface area (Å²) in [5.41, 5.74) is 7.31. The molecule has 0 aliphatic carbocycles. The number of aromatic nitrogens is 2. The van der Waals surface area contributed by atoms with Crippen LogP contribution in [0.15, 0.2) is 45.9 Å². The number of benzene rings is 1. The van der Waals surface area contributed by atoms with Crippen molar-refractivity contribution in [2.45, 2.75) is 24.4 Å². The number of nitrogens with two attached hydrogens (primary N) is 1. The van der Waals surface area contributed by atoms with Crippen LogP contribution in [0.1, 0.15) is 18.7 Å². The van der Waals surface area contributed by atoms with E-state index in [1.165, 1.54) is 4.90 Å². The van der Waals surface area contributed by atoms with Crippen LogP contribution in [0.2, 0.25) is 0 Å². The highest BCUT2D eigenvalue weighted by Crippen LogP contribution is 2.29. The second kappa shape index (κ2) is 6.41. The first-order chi connectivity index (χ1) is 8.72. The SMILES string of the molecule is CCn1nccc1C(N)CSc1ccccc1Br. The minimum Gasteiger partial charge on any atom is -0.322 e. The summed E-state index contributed by atoms with van der Waals surface area (Å²) in [6, 6.07) is 10.2. The molecule has 0 spiro atoms. The van der Waals surface area contributed by atoms with E-state index in [0.29, 0.717) is 0 Å². The summed E-state index contributed by atoms with van der Waals surface area (Å²) < 4.78 is 3.07. The highest BCUT2D eigenvalue weighted by atomic mass is 79.9. The molecule has 1 atom stereocenters. The molecule has 96 valence electrons. The van der Waals surface area contributed by atoms with E-state index in [9.17, 15) is 0 Å². The van der Waals surface area contributed by atoms with Crippen LogP contribution in [-0.2, 0) is 6.54 Å². The van der Waals surface area contributed by atoms with Crippen molar-refractivity contribution < 1.29 is 0 Å². The Morgan fingerprint density at radius 1 is 1.39 bits per heavy atom. The van der Waals surface area contributed by atoms with Crippen molar-refractivity contribution in [1.29, 1.82) is 0 Å². The average Bonchev–Trinajstić information content (AvgIpc) is 2.86. The first-order valence-corrected chi connectivity index (χ1v) is 7.65. The van der Waals surface area contributed by atoms with Crippen LogP contribution < -0.4 is 5.73 Å². The lowest BCUT2D eigenvalue weighted by atomic mass is 10.2. The standard InChI is InChI=1S/C13H16BrN3S/c1-2-17-12(7-8-16-17)11(15)9-18-13-6-4-3-5-10(13)14/h3-8,11H,2,9,15H2,1H3. The van der Waals surface area contributed by atoms with E-state index in [-0.39, 0.29) is 6.04 Å². The molecule has 0 aliphatic rings. The topological polar surface area (TPSA) is 43.8 Å². The first-order valence-electron chi connectivity index (χ1n) is 5.87. The van der Waals surface area contributed by atoms with Gasteiger partial charge in [0.2, 0.25) is 0 Å². The molecule has 2 aromatic rings. The van der Waals surface area contributed by atoms with Crippen LogP contribution in [0.5, 0.6) is 0 Å². The minimum absolute atomic E-state index is 0.00422. The summed E-state index contributed by atoms with van der Waals surface area (Å²) in [6.45, 7) is 2.93. The van der Waals surface area contributed by atoms with Crippen molar-refractivity contribution in [2.24, 2.45) is 5.73 Å². The molecule has 0 amide bonds. The Hall–Kier alpha value is -0.780. The lowest BCUT2D eigenvalue weighted by molar-refractivity contribution is 0.593. The van der Waals surface area contributed by atoms with Gasteiger partial charge in [0.05, 0.1) is 11.7 Å². The largest absolute Gasteiger partial charge is 0.322 e. The average molecular weight is 326 g/mol. The molecule has 1 aromatic carbocycles. The third-order valence-corrected chi connectivity index (χ3v) is 4.83. The highest BCUT2D eigenvalue weighted by molar-refractivity contribution is 9.10. The van der Waals surface area contributed by atoms with Crippen LogP contribution in [0.3, 0.4) is 0 Å². The lowest BCUT2D eigenvalue weighted by Gasteiger charge is -2.13. The van der Waals surface area contributed by atoms with Crippen molar-refractivity contribution in [2.75, 3.05) is 5.75 Å². The van der Waals surface area contributed by atoms with Gasteiger partial charge in [-0.3, -0.25) is 4.68 Å². The molecular formula is C13H16BrN3S. The quantitative estimate of drug-likeness (QED) is 0.856. The zero-order valence-corrected chi connectivity index (χ0v) is 12.6. The molecule has 1 heterocycles. The molecule has 1 aromatic heterocycles. The summed E-state index contributed by atoms with van der Waals surface area (Å²) in [5.74, 6) is 0.842. The predicted octanol–water partition coefficient (Wildman–Crippen LogP) is 3.46. The number of aryl methyl sites for hydroxylation is 1. The van der Waals surface area contributed by atoms with Crippen LogP contribution in [0.25, 0.3) is 0 Å². The maximum atomic E-state index is 6.22. The molecule has 0 saturated heterocycles. The Balaban J connectivity index is 2.01. The van der Waals surface area contributed by atoms with Gasteiger partial charge in [-0.25, -0.2) is 0 Å². The third kappa shape index (κ3) is 3.16. The van der Waals surface area contributed by atoms with Crippen LogP contribution in [-0.4, -0.2) is 15.5 Å². The molecule has 18 heavy (non-hydrogen) atoms. The van der Waals surface area contributed by atoms with Gasteiger partial charge in [-0.15, -0.1) is 11.8 Å². The molecule has 0 radical (unpaired) electrons. The monoisotopic (exact) mass is 325 g/mol. The van der Waals surface area contributed by atoms with Gasteiger partial charge in [0, 0.05) is 27.9 Å². The van der Waals surface area contributed by atoms with Gasteiger partial charge in [-0.05, 0) is 41.1 Å². The molecular weight excluding hydrogens is 310 g/mol. The van der Waals surface area contributed by atoms with E-state index < -0.39 is 0 Å². The van der Waals surface area contributed by atoms with Gasteiger partial charge in [0.25, 0.3) is 0 Å². The second-order valence-electron chi connectivity index (χ2n) is 3.92. The van der Waals surface area contributed by atoms with E-state index in [2.05, 4.69) is 34.0 Å². The molecule has 0 aliphatic heterocycles. The number of nitrogens with zero attached hydrogens (tertiary/aromatic N) is 2.